The van der Waals surface area contributed by atoms with Gasteiger partial charge in [0, 0.05) is 11.6 Å². The highest BCUT2D eigenvalue weighted by Crippen LogP contribution is 2.31. The molecule has 1 saturated heterocycles. The van der Waals surface area contributed by atoms with Crippen LogP contribution in [0.4, 0.5) is 4.39 Å². The molecule has 2 atom stereocenters. The molecule has 1 aromatic carbocycles. The van der Waals surface area contributed by atoms with E-state index in [0.29, 0.717) is 12.0 Å². The molecule has 5 heteroatoms. The van der Waals surface area contributed by atoms with Gasteiger partial charge in [0.2, 0.25) is 0 Å². The van der Waals surface area contributed by atoms with Crippen LogP contribution in [0.15, 0.2) is 18.2 Å². The summed E-state index contributed by atoms with van der Waals surface area (Å²) in [5, 5.41) is 0. The number of hydrogen-bond acceptors (Lipinski definition) is 3. The van der Waals surface area contributed by atoms with Crippen molar-refractivity contribution < 1.29 is 12.8 Å². The first-order valence-electron chi connectivity index (χ1n) is 5.61. The highest BCUT2D eigenvalue weighted by molar-refractivity contribution is 7.91. The highest BCUT2D eigenvalue weighted by atomic mass is 32.2. The number of benzene rings is 1. The van der Waals surface area contributed by atoms with Crippen LogP contribution in [0.1, 0.15) is 23.6 Å². The molecule has 3 nitrogen and oxygen atoms in total. The molecule has 0 aromatic heterocycles. The largest absolute Gasteiger partial charge is 0.324 e. The average Bonchev–Trinajstić information content (AvgIpc) is 2.61. The summed E-state index contributed by atoms with van der Waals surface area (Å²) >= 11 is 0. The van der Waals surface area contributed by atoms with E-state index >= 15 is 0 Å². The minimum Gasteiger partial charge on any atom is -0.324 e. The Hall–Kier alpha value is -0.940. The molecule has 0 amide bonds. The van der Waals surface area contributed by atoms with E-state index in [0.717, 1.165) is 5.56 Å². The second-order valence-corrected chi connectivity index (χ2v) is 6.94. The van der Waals surface area contributed by atoms with Crippen LogP contribution in [0, 0.1) is 18.7 Å². The van der Waals surface area contributed by atoms with Gasteiger partial charge in [0.1, 0.15) is 5.82 Å². The van der Waals surface area contributed by atoms with E-state index < -0.39 is 15.9 Å². The third-order valence-electron chi connectivity index (χ3n) is 3.29. The van der Waals surface area contributed by atoms with E-state index in [4.69, 9.17) is 5.73 Å². The maximum atomic E-state index is 13.6. The summed E-state index contributed by atoms with van der Waals surface area (Å²) in [7, 11) is -2.97. The third kappa shape index (κ3) is 2.66. The summed E-state index contributed by atoms with van der Waals surface area (Å²) in [4.78, 5) is 0. The molecular weight excluding hydrogens is 241 g/mol. The molecule has 1 fully saturated rings. The van der Waals surface area contributed by atoms with Gasteiger partial charge in [-0.05, 0) is 25.3 Å². The number of nitrogens with two attached hydrogens (primary N) is 1. The standard InChI is InChI=1S/C12H16FNO2S/c1-8-2-3-11(13)10(6-8)12(14)9-4-5-17(15,16)7-9/h2-3,6,9,12H,4-5,7,14H2,1H3. The molecule has 1 aromatic rings. The maximum absolute atomic E-state index is 13.6. The molecule has 0 aliphatic carbocycles. The minimum absolute atomic E-state index is 0.0710. The maximum Gasteiger partial charge on any atom is 0.150 e. The van der Waals surface area contributed by atoms with E-state index in [9.17, 15) is 12.8 Å². The fourth-order valence-corrected chi connectivity index (χ4v) is 4.13. The van der Waals surface area contributed by atoms with Crippen LogP contribution < -0.4 is 5.73 Å². The fraction of sp³-hybridized carbons (Fsp3) is 0.500. The van der Waals surface area contributed by atoms with Crippen molar-refractivity contribution in [2.45, 2.75) is 19.4 Å². The number of halogens is 1. The molecule has 1 heterocycles. The number of sulfone groups is 1. The van der Waals surface area contributed by atoms with Crippen molar-refractivity contribution in [3.05, 3.63) is 35.1 Å². The van der Waals surface area contributed by atoms with Gasteiger partial charge in [-0.1, -0.05) is 17.7 Å². The Labute approximate surface area is 101 Å². The lowest BCUT2D eigenvalue weighted by molar-refractivity contribution is 0.458. The molecular formula is C12H16FNO2S. The van der Waals surface area contributed by atoms with Crippen LogP contribution in [0.3, 0.4) is 0 Å². The predicted octanol–water partition coefficient (Wildman–Crippen LogP) is 1.57. The van der Waals surface area contributed by atoms with Crippen molar-refractivity contribution in [1.29, 1.82) is 0 Å². The van der Waals surface area contributed by atoms with Crippen LogP contribution in [-0.2, 0) is 9.84 Å². The molecule has 0 saturated carbocycles. The Morgan fingerprint density at radius 3 is 2.76 bits per heavy atom. The van der Waals surface area contributed by atoms with Gasteiger partial charge in [-0.25, -0.2) is 12.8 Å². The van der Waals surface area contributed by atoms with Gasteiger partial charge in [-0.2, -0.15) is 0 Å². The first-order chi connectivity index (χ1) is 7.89. The topological polar surface area (TPSA) is 60.2 Å². The van der Waals surface area contributed by atoms with E-state index in [2.05, 4.69) is 0 Å². The molecule has 1 aliphatic heterocycles. The van der Waals surface area contributed by atoms with Gasteiger partial charge < -0.3 is 5.73 Å². The zero-order chi connectivity index (χ0) is 12.6. The second-order valence-electron chi connectivity index (χ2n) is 4.71. The Morgan fingerprint density at radius 1 is 1.47 bits per heavy atom. The first kappa shape index (κ1) is 12.5. The van der Waals surface area contributed by atoms with E-state index in [1.165, 1.54) is 6.07 Å². The smallest absolute Gasteiger partial charge is 0.150 e. The minimum atomic E-state index is -2.97. The van der Waals surface area contributed by atoms with E-state index in [-0.39, 0.29) is 23.2 Å². The van der Waals surface area contributed by atoms with Crippen molar-refractivity contribution in [1.82, 2.24) is 0 Å². The zero-order valence-corrected chi connectivity index (χ0v) is 10.5. The van der Waals surface area contributed by atoms with Gasteiger partial charge in [0.25, 0.3) is 0 Å². The van der Waals surface area contributed by atoms with Gasteiger partial charge in [0.05, 0.1) is 11.5 Å². The molecule has 2 rings (SSSR count). The monoisotopic (exact) mass is 257 g/mol. The number of aryl methyl sites for hydroxylation is 1. The summed E-state index contributed by atoms with van der Waals surface area (Å²) in [6.45, 7) is 1.86. The molecule has 0 bridgehead atoms. The molecule has 2 unspecified atom stereocenters. The van der Waals surface area contributed by atoms with Crippen molar-refractivity contribution in [2.24, 2.45) is 11.7 Å². The molecule has 17 heavy (non-hydrogen) atoms. The number of hydrogen-bond donors (Lipinski definition) is 1. The lowest BCUT2D eigenvalue weighted by atomic mass is 9.92. The summed E-state index contributed by atoms with van der Waals surface area (Å²) in [6.07, 6.45) is 0.525. The van der Waals surface area contributed by atoms with Crippen LogP contribution in [0.25, 0.3) is 0 Å². The Balaban J connectivity index is 2.26. The Kier molecular flexibility index (Phi) is 3.23. The number of rotatable bonds is 2. The van der Waals surface area contributed by atoms with Crippen molar-refractivity contribution in [2.75, 3.05) is 11.5 Å². The molecule has 2 N–H and O–H groups in total. The lowest BCUT2D eigenvalue weighted by Crippen LogP contribution is -2.23. The van der Waals surface area contributed by atoms with E-state index in [1.807, 2.05) is 6.92 Å². The van der Waals surface area contributed by atoms with Gasteiger partial charge in [-0.3, -0.25) is 0 Å². The molecule has 94 valence electrons. The average molecular weight is 257 g/mol. The molecule has 0 spiro atoms. The van der Waals surface area contributed by atoms with Crippen LogP contribution in [0.5, 0.6) is 0 Å². The lowest BCUT2D eigenvalue weighted by Gasteiger charge is -2.19. The zero-order valence-electron chi connectivity index (χ0n) is 9.69. The molecule has 1 aliphatic rings. The van der Waals surface area contributed by atoms with Gasteiger partial charge in [0.15, 0.2) is 9.84 Å². The quantitative estimate of drug-likeness (QED) is 0.874. The second kappa shape index (κ2) is 4.38. The Bertz CT molecular complexity index is 527. The Morgan fingerprint density at radius 2 is 2.18 bits per heavy atom. The first-order valence-corrected chi connectivity index (χ1v) is 7.43. The van der Waals surface area contributed by atoms with E-state index in [1.54, 1.807) is 12.1 Å². The van der Waals surface area contributed by atoms with Crippen molar-refractivity contribution in [3.8, 4) is 0 Å². The van der Waals surface area contributed by atoms with Crippen molar-refractivity contribution in [3.63, 3.8) is 0 Å². The van der Waals surface area contributed by atoms with Crippen LogP contribution in [0.2, 0.25) is 0 Å². The van der Waals surface area contributed by atoms with Gasteiger partial charge >= 0.3 is 0 Å². The predicted molar refractivity (Wildman–Crippen MR) is 64.8 cm³/mol. The summed E-state index contributed by atoms with van der Waals surface area (Å²) < 4.78 is 36.4. The third-order valence-corrected chi connectivity index (χ3v) is 5.08. The molecule has 0 radical (unpaired) electrons. The van der Waals surface area contributed by atoms with Crippen LogP contribution in [-0.4, -0.2) is 19.9 Å². The van der Waals surface area contributed by atoms with Gasteiger partial charge in [-0.15, -0.1) is 0 Å². The summed E-state index contributed by atoms with van der Waals surface area (Å²) in [5.74, 6) is -0.288. The van der Waals surface area contributed by atoms with Crippen molar-refractivity contribution >= 4 is 9.84 Å². The summed E-state index contributed by atoms with van der Waals surface area (Å²) in [6, 6.07) is 4.22. The fourth-order valence-electron chi connectivity index (χ4n) is 2.28. The SMILES string of the molecule is Cc1ccc(F)c(C(N)C2CCS(=O)(=O)C2)c1. The van der Waals surface area contributed by atoms with Crippen LogP contribution >= 0.6 is 0 Å². The summed E-state index contributed by atoms with van der Waals surface area (Å²) in [5.41, 5.74) is 7.34. The highest BCUT2D eigenvalue weighted by Gasteiger charge is 2.33. The normalized spacial score (nSPS) is 24.8.